The van der Waals surface area contributed by atoms with Crippen molar-refractivity contribution < 1.29 is 22.3 Å². The van der Waals surface area contributed by atoms with Gasteiger partial charge in [-0.1, -0.05) is 24.4 Å². The minimum Gasteiger partial charge on any atom is -0.367 e. The van der Waals surface area contributed by atoms with Crippen LogP contribution >= 0.6 is 11.6 Å². The normalized spacial score (nSPS) is 16.9. The molecule has 21 heavy (non-hydrogen) atoms. The molecule has 0 radical (unpaired) electrons. The van der Waals surface area contributed by atoms with E-state index in [-0.39, 0.29) is 23.5 Å². The van der Waals surface area contributed by atoms with Crippen molar-refractivity contribution in [3.63, 3.8) is 0 Å². The quantitative estimate of drug-likeness (QED) is 0.580. The number of alkyl halides is 4. The van der Waals surface area contributed by atoms with Crippen molar-refractivity contribution in [2.45, 2.75) is 50.6 Å². The summed E-state index contributed by atoms with van der Waals surface area (Å²) in [6.45, 7) is -1.75. The minimum atomic E-state index is -4.17. The van der Waals surface area contributed by atoms with Crippen molar-refractivity contribution in [3.05, 3.63) is 22.7 Å². The maximum Gasteiger partial charge on any atom is 0.330 e. The van der Waals surface area contributed by atoms with Crippen LogP contribution in [0.25, 0.3) is 0 Å². The van der Waals surface area contributed by atoms with Crippen LogP contribution in [-0.4, -0.2) is 28.9 Å². The Labute approximate surface area is 124 Å². The van der Waals surface area contributed by atoms with Crippen LogP contribution < -0.4 is 0 Å². The fourth-order valence-corrected chi connectivity index (χ4v) is 2.53. The molecule has 0 aromatic carbocycles. The zero-order valence-electron chi connectivity index (χ0n) is 11.2. The average molecular weight is 327 g/mol. The van der Waals surface area contributed by atoms with Gasteiger partial charge in [-0.25, -0.2) is 18.7 Å². The van der Waals surface area contributed by atoms with Crippen molar-refractivity contribution in [1.82, 2.24) is 9.97 Å². The van der Waals surface area contributed by atoms with Crippen LogP contribution in [0.3, 0.4) is 0 Å². The van der Waals surface area contributed by atoms with Crippen molar-refractivity contribution in [1.29, 1.82) is 0 Å². The topological polar surface area (TPSA) is 35.0 Å². The summed E-state index contributed by atoms with van der Waals surface area (Å²) in [6, 6.07) is 1.65. The Kier molecular flexibility index (Phi) is 5.37. The third-order valence-corrected chi connectivity index (χ3v) is 3.57. The van der Waals surface area contributed by atoms with E-state index in [1.807, 2.05) is 0 Å². The van der Waals surface area contributed by atoms with E-state index in [9.17, 15) is 17.6 Å². The lowest BCUT2D eigenvalue weighted by atomic mass is 10.0. The summed E-state index contributed by atoms with van der Waals surface area (Å²) in [5.41, 5.74) is 0.756. The molecule has 0 unspecified atom stereocenters. The molecule has 0 amide bonds. The number of hydrogen-bond acceptors (Lipinski definition) is 3. The van der Waals surface area contributed by atoms with E-state index in [0.29, 0.717) is 0 Å². The van der Waals surface area contributed by atoms with Crippen LogP contribution in [0.1, 0.15) is 43.1 Å². The first kappa shape index (κ1) is 16.4. The molecule has 0 saturated heterocycles. The Morgan fingerprint density at radius 1 is 1.29 bits per heavy atom. The van der Waals surface area contributed by atoms with Crippen molar-refractivity contribution in [2.75, 3.05) is 6.61 Å². The lowest BCUT2D eigenvalue weighted by Crippen LogP contribution is -2.32. The van der Waals surface area contributed by atoms with Gasteiger partial charge in [0.15, 0.2) is 5.82 Å². The van der Waals surface area contributed by atoms with Gasteiger partial charge in [-0.05, 0) is 18.9 Å². The second kappa shape index (κ2) is 6.87. The molecule has 0 aliphatic heterocycles. The Bertz CT molecular complexity index is 481. The predicted octanol–water partition coefficient (Wildman–Crippen LogP) is 4.20. The number of ether oxygens (including phenoxy) is 1. The Morgan fingerprint density at radius 3 is 2.57 bits per heavy atom. The largest absolute Gasteiger partial charge is 0.367 e. The van der Waals surface area contributed by atoms with Crippen LogP contribution in [0.5, 0.6) is 0 Å². The van der Waals surface area contributed by atoms with E-state index in [0.717, 1.165) is 31.4 Å². The highest BCUT2D eigenvalue weighted by Gasteiger charge is 2.41. The van der Waals surface area contributed by atoms with E-state index >= 15 is 0 Å². The molecule has 1 aliphatic rings. The second-order valence-corrected chi connectivity index (χ2v) is 5.45. The summed E-state index contributed by atoms with van der Waals surface area (Å²) in [6.07, 6.45) is 0.456. The zero-order chi connectivity index (χ0) is 15.5. The molecule has 118 valence electrons. The molecular formula is C13H15ClF4N2O. The fourth-order valence-electron chi connectivity index (χ4n) is 2.32. The highest BCUT2D eigenvalue weighted by atomic mass is 35.5. The highest BCUT2D eigenvalue weighted by Crippen LogP contribution is 2.33. The summed E-state index contributed by atoms with van der Waals surface area (Å²) >= 11 is 5.87. The molecule has 1 aromatic rings. The van der Waals surface area contributed by atoms with Gasteiger partial charge in [-0.2, -0.15) is 8.78 Å². The molecule has 0 N–H and O–H groups in total. The third kappa shape index (κ3) is 4.51. The summed E-state index contributed by atoms with van der Waals surface area (Å²) < 4.78 is 54.0. The van der Waals surface area contributed by atoms with Crippen LogP contribution in [-0.2, 0) is 11.3 Å². The van der Waals surface area contributed by atoms with E-state index in [2.05, 4.69) is 14.7 Å². The summed E-state index contributed by atoms with van der Waals surface area (Å²) in [7, 11) is 0. The van der Waals surface area contributed by atoms with Crippen molar-refractivity contribution >= 4 is 11.6 Å². The van der Waals surface area contributed by atoms with Crippen LogP contribution in [0, 0.1) is 0 Å². The van der Waals surface area contributed by atoms with Crippen molar-refractivity contribution in [3.8, 4) is 0 Å². The first-order chi connectivity index (χ1) is 9.88. The summed E-state index contributed by atoms with van der Waals surface area (Å²) in [5, 5.41) is 0.200. The van der Waals surface area contributed by atoms with Gasteiger partial charge >= 0.3 is 12.3 Å². The van der Waals surface area contributed by atoms with E-state index in [1.165, 1.54) is 0 Å². The molecule has 0 bridgehead atoms. The fraction of sp³-hybridized carbons (Fsp3) is 0.692. The van der Waals surface area contributed by atoms with Gasteiger partial charge in [-0.3, -0.25) is 0 Å². The molecule has 0 spiro atoms. The Morgan fingerprint density at radius 2 is 1.95 bits per heavy atom. The van der Waals surface area contributed by atoms with E-state index in [4.69, 9.17) is 11.6 Å². The summed E-state index contributed by atoms with van der Waals surface area (Å²) in [4.78, 5) is 8.09. The zero-order valence-corrected chi connectivity index (χ0v) is 11.9. The molecule has 2 rings (SSSR count). The van der Waals surface area contributed by atoms with Gasteiger partial charge in [0.1, 0.15) is 18.4 Å². The Balaban J connectivity index is 1.97. The third-order valence-electron chi connectivity index (χ3n) is 3.38. The molecule has 1 aliphatic carbocycles. The average Bonchev–Trinajstić information content (AvgIpc) is 2.91. The van der Waals surface area contributed by atoms with Gasteiger partial charge < -0.3 is 4.74 Å². The summed E-state index contributed by atoms with van der Waals surface area (Å²) in [5.74, 6) is -3.76. The molecular weight excluding hydrogens is 312 g/mol. The van der Waals surface area contributed by atoms with Gasteiger partial charge in [0.25, 0.3) is 0 Å². The maximum atomic E-state index is 12.7. The lowest BCUT2D eigenvalue weighted by Gasteiger charge is -2.15. The van der Waals surface area contributed by atoms with Crippen LogP contribution in [0.4, 0.5) is 17.6 Å². The number of rotatable bonds is 6. The SMILES string of the molecule is FC(F)C(F)(F)COCc1nc(Cl)cc(C2CCCC2)n1. The first-order valence-electron chi connectivity index (χ1n) is 6.65. The molecule has 1 saturated carbocycles. The van der Waals surface area contributed by atoms with E-state index < -0.39 is 19.0 Å². The molecule has 1 heterocycles. The Hall–Kier alpha value is -0.950. The first-order valence-corrected chi connectivity index (χ1v) is 7.03. The molecule has 3 nitrogen and oxygen atoms in total. The lowest BCUT2D eigenvalue weighted by molar-refractivity contribution is -0.168. The molecule has 0 atom stereocenters. The van der Waals surface area contributed by atoms with Crippen LogP contribution in [0.15, 0.2) is 6.07 Å². The van der Waals surface area contributed by atoms with Gasteiger partial charge in [-0.15, -0.1) is 0 Å². The van der Waals surface area contributed by atoms with Gasteiger partial charge in [0, 0.05) is 11.6 Å². The maximum absolute atomic E-state index is 12.7. The molecule has 8 heteroatoms. The number of hydrogen-bond donors (Lipinski definition) is 0. The molecule has 1 fully saturated rings. The second-order valence-electron chi connectivity index (χ2n) is 5.07. The van der Waals surface area contributed by atoms with Gasteiger partial charge in [0.2, 0.25) is 0 Å². The number of aromatic nitrogens is 2. The standard InChI is InChI=1S/C13H15ClF4N2O/c14-10-5-9(8-3-1-2-4-8)19-11(20-10)6-21-7-13(17,18)12(15)16/h5,8,12H,1-4,6-7H2. The van der Waals surface area contributed by atoms with E-state index in [1.54, 1.807) is 6.07 Å². The number of halogens is 5. The highest BCUT2D eigenvalue weighted by molar-refractivity contribution is 6.29. The van der Waals surface area contributed by atoms with Crippen molar-refractivity contribution in [2.24, 2.45) is 0 Å². The molecule has 1 aromatic heterocycles. The smallest absolute Gasteiger partial charge is 0.330 e. The van der Waals surface area contributed by atoms with Gasteiger partial charge in [0.05, 0.1) is 0 Å². The minimum absolute atomic E-state index is 0.134. The monoisotopic (exact) mass is 326 g/mol. The number of nitrogens with zero attached hydrogens (tertiary/aromatic N) is 2. The predicted molar refractivity (Wildman–Crippen MR) is 68.9 cm³/mol. The van der Waals surface area contributed by atoms with Crippen LogP contribution in [0.2, 0.25) is 5.15 Å².